The van der Waals surface area contributed by atoms with Crippen LogP contribution in [0.15, 0.2) is 48.2 Å². The fourth-order valence-electron chi connectivity index (χ4n) is 2.95. The van der Waals surface area contributed by atoms with E-state index in [1.54, 1.807) is 43.3 Å². The number of carboxylic acid groups (broad SMARTS) is 1. The topological polar surface area (TPSA) is 80.7 Å². The number of carboxylic acids is 1. The van der Waals surface area contributed by atoms with E-state index in [0.29, 0.717) is 5.56 Å². The highest BCUT2D eigenvalue weighted by molar-refractivity contribution is 6.40. The molecular formula is C19H14O5. The largest absolute Gasteiger partial charge is 0.492 e. The molecule has 24 heavy (non-hydrogen) atoms. The van der Waals surface area contributed by atoms with Gasteiger partial charge in [0.1, 0.15) is 0 Å². The van der Waals surface area contributed by atoms with Gasteiger partial charge in [-0.3, -0.25) is 9.59 Å². The first-order valence-corrected chi connectivity index (χ1v) is 7.27. The second-order valence-electron chi connectivity index (χ2n) is 5.41. The summed E-state index contributed by atoms with van der Waals surface area (Å²) in [7, 11) is 1.30. The molecule has 2 aromatic carbocycles. The average Bonchev–Trinajstić information content (AvgIpc) is 2.58. The number of aryl methyl sites for hydroxylation is 1. The molecule has 0 unspecified atom stereocenters. The lowest BCUT2D eigenvalue weighted by Crippen LogP contribution is -2.23. The van der Waals surface area contributed by atoms with E-state index < -0.39 is 17.5 Å². The van der Waals surface area contributed by atoms with Gasteiger partial charge in [0, 0.05) is 16.7 Å². The van der Waals surface area contributed by atoms with Gasteiger partial charge in [-0.1, -0.05) is 36.4 Å². The molecule has 5 heteroatoms. The molecule has 3 rings (SSSR count). The quantitative estimate of drug-likeness (QED) is 0.939. The number of aromatic carboxylic acids is 1. The molecule has 0 saturated heterocycles. The second kappa shape index (κ2) is 5.77. The first-order valence-electron chi connectivity index (χ1n) is 7.27. The van der Waals surface area contributed by atoms with Gasteiger partial charge in [0.2, 0.25) is 5.78 Å². The van der Waals surface area contributed by atoms with Gasteiger partial charge in [0.15, 0.2) is 11.5 Å². The van der Waals surface area contributed by atoms with Crippen molar-refractivity contribution in [3.63, 3.8) is 0 Å². The number of allylic oxidation sites excluding steroid dienone is 2. The molecule has 0 aromatic heterocycles. The molecule has 0 heterocycles. The van der Waals surface area contributed by atoms with E-state index >= 15 is 0 Å². The van der Waals surface area contributed by atoms with Crippen molar-refractivity contribution in [1.82, 2.24) is 0 Å². The zero-order valence-corrected chi connectivity index (χ0v) is 13.1. The van der Waals surface area contributed by atoms with Gasteiger partial charge in [0.25, 0.3) is 0 Å². The van der Waals surface area contributed by atoms with Crippen LogP contribution < -0.4 is 0 Å². The summed E-state index contributed by atoms with van der Waals surface area (Å²) in [6.45, 7) is 1.69. The number of ether oxygens (including phenoxy) is 1. The molecule has 120 valence electrons. The fraction of sp³-hybridized carbons (Fsp3) is 0.105. The molecule has 0 amide bonds. The van der Waals surface area contributed by atoms with E-state index in [2.05, 4.69) is 0 Å². The van der Waals surface area contributed by atoms with Gasteiger partial charge in [0.05, 0.1) is 18.2 Å². The Hall–Kier alpha value is -3.21. The summed E-state index contributed by atoms with van der Waals surface area (Å²) in [6, 6.07) is 11.1. The Kier molecular flexibility index (Phi) is 3.77. The zero-order chi connectivity index (χ0) is 17.4. The van der Waals surface area contributed by atoms with Gasteiger partial charge in [-0.05, 0) is 18.6 Å². The van der Waals surface area contributed by atoms with Gasteiger partial charge in [-0.25, -0.2) is 4.79 Å². The normalized spacial score (nSPS) is 13.8. The smallest absolute Gasteiger partial charge is 0.336 e. The molecule has 0 radical (unpaired) electrons. The molecule has 1 aliphatic carbocycles. The van der Waals surface area contributed by atoms with Crippen LogP contribution in [0.2, 0.25) is 0 Å². The molecule has 5 nitrogen and oxygen atoms in total. The summed E-state index contributed by atoms with van der Waals surface area (Å²) in [5, 5.41) is 9.47. The molecular weight excluding hydrogens is 308 g/mol. The van der Waals surface area contributed by atoms with Gasteiger partial charge in [-0.15, -0.1) is 0 Å². The molecule has 0 spiro atoms. The van der Waals surface area contributed by atoms with Crippen molar-refractivity contribution in [3.8, 4) is 0 Å². The van der Waals surface area contributed by atoms with Crippen molar-refractivity contribution in [2.45, 2.75) is 6.92 Å². The summed E-state index contributed by atoms with van der Waals surface area (Å²) < 4.78 is 5.20. The monoisotopic (exact) mass is 322 g/mol. The standard InChI is InChI=1S/C19H14O5/c1-10-6-5-9-13(19(22)23)14(10)15-16(20)11-7-3-4-8-12(11)17(21)18(15)24-2/h3-9H,1-2H3,(H,22,23). The van der Waals surface area contributed by atoms with Crippen LogP contribution in [0.3, 0.4) is 0 Å². The Labute approximate surface area is 138 Å². The molecule has 2 aromatic rings. The number of methoxy groups -OCH3 is 1. The maximum Gasteiger partial charge on any atom is 0.336 e. The van der Waals surface area contributed by atoms with Crippen molar-refractivity contribution >= 4 is 23.1 Å². The number of hydrogen-bond acceptors (Lipinski definition) is 4. The highest BCUT2D eigenvalue weighted by Gasteiger charge is 2.36. The van der Waals surface area contributed by atoms with E-state index in [4.69, 9.17) is 4.74 Å². The average molecular weight is 322 g/mol. The summed E-state index contributed by atoms with van der Waals surface area (Å²) in [4.78, 5) is 37.2. The highest BCUT2D eigenvalue weighted by atomic mass is 16.5. The van der Waals surface area contributed by atoms with Crippen LogP contribution >= 0.6 is 0 Å². The van der Waals surface area contributed by atoms with Crippen LogP contribution in [-0.4, -0.2) is 29.8 Å². The molecule has 0 atom stereocenters. The van der Waals surface area contributed by atoms with E-state index in [1.165, 1.54) is 13.2 Å². The Morgan fingerprint density at radius 2 is 1.58 bits per heavy atom. The van der Waals surface area contributed by atoms with Gasteiger partial charge >= 0.3 is 5.97 Å². The van der Waals surface area contributed by atoms with E-state index in [9.17, 15) is 19.5 Å². The predicted molar refractivity (Wildman–Crippen MR) is 87.2 cm³/mol. The van der Waals surface area contributed by atoms with Crippen molar-refractivity contribution < 1.29 is 24.2 Å². The van der Waals surface area contributed by atoms with Crippen molar-refractivity contribution in [1.29, 1.82) is 0 Å². The third-order valence-electron chi connectivity index (χ3n) is 4.03. The number of hydrogen-bond donors (Lipinski definition) is 1. The number of carbonyl (C=O) groups excluding carboxylic acids is 2. The summed E-state index contributed by atoms with van der Waals surface area (Å²) in [5.74, 6) is -2.15. The van der Waals surface area contributed by atoms with Gasteiger partial charge < -0.3 is 9.84 Å². The van der Waals surface area contributed by atoms with E-state index in [-0.39, 0.29) is 33.6 Å². The fourth-order valence-corrected chi connectivity index (χ4v) is 2.95. The van der Waals surface area contributed by atoms with Crippen LogP contribution in [0.5, 0.6) is 0 Å². The summed E-state index contributed by atoms with van der Waals surface area (Å²) >= 11 is 0. The number of carbonyl (C=O) groups is 3. The lowest BCUT2D eigenvalue weighted by Gasteiger charge is -2.22. The Morgan fingerprint density at radius 3 is 2.17 bits per heavy atom. The van der Waals surface area contributed by atoms with Crippen LogP contribution in [0.25, 0.3) is 5.57 Å². The molecule has 0 bridgehead atoms. The van der Waals surface area contributed by atoms with E-state index in [1.807, 2.05) is 0 Å². The number of rotatable bonds is 3. The molecule has 1 N–H and O–H groups in total. The van der Waals surface area contributed by atoms with Gasteiger partial charge in [-0.2, -0.15) is 0 Å². The molecule has 0 aliphatic heterocycles. The lowest BCUT2D eigenvalue weighted by molar-refractivity contribution is 0.0696. The third-order valence-corrected chi connectivity index (χ3v) is 4.03. The maximum atomic E-state index is 13.0. The van der Waals surface area contributed by atoms with E-state index in [0.717, 1.165) is 0 Å². The molecule has 1 aliphatic rings. The first kappa shape index (κ1) is 15.7. The van der Waals surface area contributed by atoms with Crippen LogP contribution in [0, 0.1) is 6.92 Å². The second-order valence-corrected chi connectivity index (χ2v) is 5.41. The molecule has 0 fully saturated rings. The minimum atomic E-state index is -1.17. The van der Waals surface area contributed by atoms with Crippen LogP contribution in [-0.2, 0) is 4.74 Å². The highest BCUT2D eigenvalue weighted by Crippen LogP contribution is 2.35. The van der Waals surface area contributed by atoms with Crippen LogP contribution in [0.4, 0.5) is 0 Å². The Balaban J connectivity index is 2.37. The predicted octanol–water partition coefficient (Wildman–Crippen LogP) is 3.13. The minimum absolute atomic E-state index is 0.00306. The SMILES string of the molecule is COC1=C(c2c(C)cccc2C(=O)O)C(=O)c2ccccc2C1=O. The van der Waals surface area contributed by atoms with Crippen molar-refractivity contribution in [2.24, 2.45) is 0 Å². The summed E-state index contributed by atoms with van der Waals surface area (Å²) in [6.07, 6.45) is 0. The Morgan fingerprint density at radius 1 is 0.958 bits per heavy atom. The number of ketones is 2. The lowest BCUT2D eigenvalue weighted by atomic mass is 9.82. The minimum Gasteiger partial charge on any atom is -0.492 e. The zero-order valence-electron chi connectivity index (χ0n) is 13.1. The first-order chi connectivity index (χ1) is 11.5. The number of fused-ring (bicyclic) bond motifs is 1. The third kappa shape index (κ3) is 2.22. The number of Topliss-reactive ketones (excluding diaryl/α,β-unsaturated/α-hetero) is 2. The summed E-state index contributed by atoms with van der Waals surface area (Å²) in [5.41, 5.74) is 1.26. The van der Waals surface area contributed by atoms with Crippen LogP contribution in [0.1, 0.15) is 42.2 Å². The van der Waals surface area contributed by atoms with Crippen molar-refractivity contribution in [2.75, 3.05) is 7.11 Å². The maximum absolute atomic E-state index is 13.0. The molecule has 0 saturated carbocycles. The number of benzene rings is 2. The van der Waals surface area contributed by atoms with Crippen molar-refractivity contribution in [3.05, 3.63) is 76.0 Å². The Bertz CT molecular complexity index is 921.